The molecule has 7 heteroatoms. The maximum Gasteiger partial charge on any atom is 0.328 e. The smallest absolute Gasteiger partial charge is 0.328 e. The van der Waals surface area contributed by atoms with Gasteiger partial charge in [0, 0.05) is 18.8 Å². The van der Waals surface area contributed by atoms with Crippen LogP contribution in [0.25, 0.3) is 0 Å². The van der Waals surface area contributed by atoms with Crippen molar-refractivity contribution < 1.29 is 19.7 Å². The topological polar surface area (TPSA) is 118 Å². The second-order valence-corrected chi connectivity index (χ2v) is 5.41. The fraction of sp³-hybridized carbons (Fsp3) is 0.250. The number of carbonyl (C=O) groups is 1. The largest absolute Gasteiger partial charge is 0.504 e. The number of nitrogens with two attached hydrogens (primary N) is 1. The van der Waals surface area contributed by atoms with Crippen LogP contribution in [0.1, 0.15) is 18.1 Å². The predicted molar refractivity (Wildman–Crippen MR) is 83.2 cm³/mol. The van der Waals surface area contributed by atoms with Crippen molar-refractivity contribution in [3.05, 3.63) is 53.9 Å². The summed E-state index contributed by atoms with van der Waals surface area (Å²) < 4.78 is 5.29. The molecule has 0 aliphatic heterocycles. The molecule has 1 aromatic heterocycles. The van der Waals surface area contributed by atoms with Crippen molar-refractivity contribution >= 4 is 5.97 Å². The molecule has 1 heterocycles. The number of hydrazine groups is 1. The van der Waals surface area contributed by atoms with E-state index in [0.29, 0.717) is 5.56 Å². The van der Waals surface area contributed by atoms with Gasteiger partial charge < -0.3 is 14.9 Å². The molecule has 122 valence electrons. The van der Waals surface area contributed by atoms with Crippen molar-refractivity contribution in [1.82, 2.24) is 10.4 Å². The Morgan fingerprint density at radius 2 is 1.91 bits per heavy atom. The Morgan fingerprint density at radius 3 is 2.52 bits per heavy atom. The third kappa shape index (κ3) is 4.18. The van der Waals surface area contributed by atoms with Gasteiger partial charge in [-0.25, -0.2) is 10.2 Å². The third-order valence-electron chi connectivity index (χ3n) is 3.49. The number of nitrogens with zero attached hydrogens (tertiary/aromatic N) is 1. The average molecular weight is 317 g/mol. The van der Waals surface area contributed by atoms with Gasteiger partial charge in [0.2, 0.25) is 0 Å². The number of hydrogen-bond donors (Lipinski definition) is 4. The summed E-state index contributed by atoms with van der Waals surface area (Å²) in [6, 6.07) is 7.82. The summed E-state index contributed by atoms with van der Waals surface area (Å²) in [4.78, 5) is 16.2. The lowest BCUT2D eigenvalue weighted by atomic mass is 9.93. The van der Waals surface area contributed by atoms with E-state index in [2.05, 4.69) is 10.4 Å². The monoisotopic (exact) mass is 317 g/mol. The Hall–Kier alpha value is -2.64. The highest BCUT2D eigenvalue weighted by Gasteiger charge is 2.34. The van der Waals surface area contributed by atoms with E-state index in [9.17, 15) is 15.0 Å². The second kappa shape index (κ2) is 7.08. The maximum absolute atomic E-state index is 12.3. The molecule has 2 aromatic rings. The van der Waals surface area contributed by atoms with E-state index in [0.717, 1.165) is 5.56 Å². The first kappa shape index (κ1) is 16.7. The van der Waals surface area contributed by atoms with Crippen LogP contribution in [-0.2, 0) is 22.6 Å². The summed E-state index contributed by atoms with van der Waals surface area (Å²) in [5, 5.41) is 18.9. The third-order valence-corrected chi connectivity index (χ3v) is 3.49. The average Bonchev–Trinajstić information content (AvgIpc) is 2.56. The summed E-state index contributed by atoms with van der Waals surface area (Å²) in [6.45, 7) is 1.71. The molecule has 0 spiro atoms. The van der Waals surface area contributed by atoms with E-state index in [-0.39, 0.29) is 24.5 Å². The van der Waals surface area contributed by atoms with Gasteiger partial charge in [0.25, 0.3) is 0 Å². The lowest BCUT2D eigenvalue weighted by molar-refractivity contribution is -0.152. The Balaban J connectivity index is 2.06. The van der Waals surface area contributed by atoms with Gasteiger partial charge >= 0.3 is 5.97 Å². The minimum Gasteiger partial charge on any atom is -0.504 e. The summed E-state index contributed by atoms with van der Waals surface area (Å²) >= 11 is 0. The fourth-order valence-corrected chi connectivity index (χ4v) is 2.06. The molecule has 5 N–H and O–H groups in total. The number of aromatic hydroxyl groups is 2. The van der Waals surface area contributed by atoms with Gasteiger partial charge in [-0.05, 0) is 42.3 Å². The van der Waals surface area contributed by atoms with Crippen molar-refractivity contribution in [1.29, 1.82) is 0 Å². The number of phenols is 2. The van der Waals surface area contributed by atoms with Gasteiger partial charge in [-0.3, -0.25) is 10.8 Å². The summed E-state index contributed by atoms with van der Waals surface area (Å²) in [7, 11) is 0. The molecule has 0 amide bonds. The number of nitrogens with one attached hydrogen (secondary N) is 1. The number of hydrogen-bond acceptors (Lipinski definition) is 7. The molecule has 0 radical (unpaired) electrons. The van der Waals surface area contributed by atoms with Crippen LogP contribution in [0.2, 0.25) is 0 Å². The lowest BCUT2D eigenvalue weighted by Gasteiger charge is -2.26. The SMILES string of the molecule is C[C@@](Cc1ccc(O)c(O)c1)(NN)C(=O)OCc1ccncc1. The van der Waals surface area contributed by atoms with Gasteiger partial charge in [-0.15, -0.1) is 0 Å². The quantitative estimate of drug-likeness (QED) is 0.272. The van der Waals surface area contributed by atoms with Gasteiger partial charge in [0.1, 0.15) is 12.1 Å². The summed E-state index contributed by atoms with van der Waals surface area (Å²) in [6.07, 6.45) is 3.41. The van der Waals surface area contributed by atoms with Crippen LogP contribution in [0.4, 0.5) is 0 Å². The molecule has 2 rings (SSSR count). The van der Waals surface area contributed by atoms with Crippen LogP contribution >= 0.6 is 0 Å². The summed E-state index contributed by atoms with van der Waals surface area (Å²) in [5.74, 6) is 4.51. The zero-order chi connectivity index (χ0) is 16.9. The van der Waals surface area contributed by atoms with E-state index >= 15 is 0 Å². The zero-order valence-electron chi connectivity index (χ0n) is 12.7. The molecule has 7 nitrogen and oxygen atoms in total. The normalized spacial score (nSPS) is 13.3. The molecule has 23 heavy (non-hydrogen) atoms. The van der Waals surface area contributed by atoms with Crippen LogP contribution in [0, 0.1) is 0 Å². The Bertz CT molecular complexity index is 678. The number of ether oxygens (including phenoxy) is 1. The maximum atomic E-state index is 12.3. The molecule has 1 atom stereocenters. The molecule has 0 saturated carbocycles. The lowest BCUT2D eigenvalue weighted by Crippen LogP contribution is -2.55. The predicted octanol–water partition coefficient (Wildman–Crippen LogP) is 1.00. The first-order valence-electron chi connectivity index (χ1n) is 6.99. The molecule has 0 aliphatic rings. The Morgan fingerprint density at radius 1 is 1.22 bits per heavy atom. The number of aromatic nitrogens is 1. The van der Waals surface area contributed by atoms with Crippen LogP contribution in [0.5, 0.6) is 11.5 Å². The first-order valence-corrected chi connectivity index (χ1v) is 6.99. The van der Waals surface area contributed by atoms with Crippen LogP contribution in [-0.4, -0.2) is 26.7 Å². The van der Waals surface area contributed by atoms with Crippen molar-refractivity contribution in [3.63, 3.8) is 0 Å². The van der Waals surface area contributed by atoms with Crippen molar-refractivity contribution in [3.8, 4) is 11.5 Å². The van der Waals surface area contributed by atoms with Crippen molar-refractivity contribution in [2.24, 2.45) is 5.84 Å². The second-order valence-electron chi connectivity index (χ2n) is 5.41. The molecule has 1 aromatic carbocycles. The molecular weight excluding hydrogens is 298 g/mol. The standard InChI is InChI=1S/C16H19N3O4/c1-16(19-17,9-12-2-3-13(20)14(21)8-12)15(22)23-10-11-4-6-18-7-5-11/h2-8,19-21H,9-10,17H2,1H3/t16-/m0/s1. The molecule has 0 unspecified atom stereocenters. The minimum absolute atomic E-state index is 0.111. The number of esters is 1. The van der Waals surface area contributed by atoms with Crippen molar-refractivity contribution in [2.45, 2.75) is 25.5 Å². The van der Waals surface area contributed by atoms with Crippen LogP contribution in [0.3, 0.4) is 0 Å². The van der Waals surface area contributed by atoms with Gasteiger partial charge in [0.15, 0.2) is 11.5 Å². The Labute approximate surface area is 133 Å². The molecule has 0 bridgehead atoms. The van der Waals surface area contributed by atoms with Crippen LogP contribution < -0.4 is 11.3 Å². The molecule has 0 fully saturated rings. The first-order chi connectivity index (χ1) is 10.9. The van der Waals surface area contributed by atoms with Crippen LogP contribution in [0.15, 0.2) is 42.7 Å². The van der Waals surface area contributed by atoms with E-state index in [1.54, 1.807) is 37.5 Å². The number of rotatable bonds is 6. The van der Waals surface area contributed by atoms with E-state index in [1.807, 2.05) is 0 Å². The molecule has 0 aliphatic carbocycles. The minimum atomic E-state index is -1.17. The molecule has 0 saturated heterocycles. The number of carbonyl (C=O) groups excluding carboxylic acids is 1. The highest BCUT2D eigenvalue weighted by molar-refractivity contribution is 5.80. The number of phenolic OH excluding ortho intramolecular Hbond substituents is 2. The highest BCUT2D eigenvalue weighted by Crippen LogP contribution is 2.27. The van der Waals surface area contributed by atoms with Gasteiger partial charge in [-0.1, -0.05) is 6.07 Å². The van der Waals surface area contributed by atoms with E-state index in [1.165, 1.54) is 12.1 Å². The summed E-state index contributed by atoms with van der Waals surface area (Å²) in [5.41, 5.74) is 2.74. The number of pyridine rings is 1. The van der Waals surface area contributed by atoms with E-state index in [4.69, 9.17) is 10.6 Å². The number of benzene rings is 1. The fourth-order valence-electron chi connectivity index (χ4n) is 2.06. The molecular formula is C16H19N3O4. The highest BCUT2D eigenvalue weighted by atomic mass is 16.5. The Kier molecular flexibility index (Phi) is 5.15. The van der Waals surface area contributed by atoms with Gasteiger partial charge in [0.05, 0.1) is 0 Å². The zero-order valence-corrected chi connectivity index (χ0v) is 12.7. The van der Waals surface area contributed by atoms with Gasteiger partial charge in [-0.2, -0.15) is 0 Å². The van der Waals surface area contributed by atoms with Crippen molar-refractivity contribution in [2.75, 3.05) is 0 Å². The van der Waals surface area contributed by atoms with E-state index < -0.39 is 11.5 Å².